The molecule has 1 atom stereocenters. The number of benzene rings is 1. The zero-order chi connectivity index (χ0) is 10.8. The lowest BCUT2D eigenvalue weighted by Crippen LogP contribution is -2.21. The smallest absolute Gasteiger partial charge is 0.0614 e. The summed E-state index contributed by atoms with van der Waals surface area (Å²) < 4.78 is 0. The molecule has 1 aliphatic rings. The molecule has 15 heavy (non-hydrogen) atoms. The number of aliphatic hydroxyl groups excluding tert-OH is 1. The fourth-order valence-corrected chi connectivity index (χ4v) is 2.16. The number of rotatable bonds is 2. The molecule has 0 amide bonds. The number of hydrogen-bond acceptors (Lipinski definition) is 3. The van der Waals surface area contributed by atoms with Crippen LogP contribution in [0.1, 0.15) is 6.42 Å². The molecule has 0 radical (unpaired) electrons. The Hall–Kier alpha value is -0.930. The van der Waals surface area contributed by atoms with Gasteiger partial charge < -0.3 is 15.7 Å². The van der Waals surface area contributed by atoms with Gasteiger partial charge in [0, 0.05) is 30.6 Å². The second-order valence-electron chi connectivity index (χ2n) is 3.99. The molecule has 0 bridgehead atoms. The van der Waals surface area contributed by atoms with Gasteiger partial charge in [-0.1, -0.05) is 11.6 Å². The van der Waals surface area contributed by atoms with Crippen molar-refractivity contribution in [2.75, 3.05) is 30.3 Å². The van der Waals surface area contributed by atoms with E-state index >= 15 is 0 Å². The number of nitrogen functional groups attached to an aromatic ring is 1. The monoisotopic (exact) mass is 226 g/mol. The predicted molar refractivity (Wildman–Crippen MR) is 63.3 cm³/mol. The van der Waals surface area contributed by atoms with Crippen molar-refractivity contribution in [1.82, 2.24) is 0 Å². The van der Waals surface area contributed by atoms with Gasteiger partial charge in [-0.05, 0) is 24.6 Å². The quantitative estimate of drug-likeness (QED) is 0.756. The summed E-state index contributed by atoms with van der Waals surface area (Å²) in [5, 5.41) is 9.77. The van der Waals surface area contributed by atoms with Gasteiger partial charge in [0.2, 0.25) is 0 Å². The van der Waals surface area contributed by atoms with Crippen LogP contribution in [0.5, 0.6) is 0 Å². The van der Waals surface area contributed by atoms with E-state index in [0.717, 1.165) is 30.9 Å². The Morgan fingerprint density at radius 3 is 3.00 bits per heavy atom. The van der Waals surface area contributed by atoms with E-state index in [1.807, 2.05) is 12.1 Å². The second-order valence-corrected chi connectivity index (χ2v) is 4.42. The summed E-state index contributed by atoms with van der Waals surface area (Å²) in [5.74, 6) is 0.364. The standard InChI is InChI=1S/C11H15ClN2O/c12-9-1-2-10(13)11(5-9)14-4-3-8(6-14)7-15/h1-2,5,8,15H,3-4,6-7,13H2. The van der Waals surface area contributed by atoms with E-state index < -0.39 is 0 Å². The Morgan fingerprint density at radius 1 is 1.53 bits per heavy atom. The molecule has 0 aromatic heterocycles. The molecule has 1 aliphatic heterocycles. The second kappa shape index (κ2) is 4.29. The molecule has 3 N–H and O–H groups in total. The lowest BCUT2D eigenvalue weighted by Gasteiger charge is -2.20. The van der Waals surface area contributed by atoms with Crippen molar-refractivity contribution in [2.45, 2.75) is 6.42 Å². The summed E-state index contributed by atoms with van der Waals surface area (Å²) in [6, 6.07) is 5.50. The number of hydrogen-bond donors (Lipinski definition) is 2. The van der Waals surface area contributed by atoms with Crippen LogP contribution >= 0.6 is 11.6 Å². The Kier molecular flexibility index (Phi) is 3.03. The van der Waals surface area contributed by atoms with Crippen LogP contribution in [0.2, 0.25) is 5.02 Å². The van der Waals surface area contributed by atoms with Crippen molar-refractivity contribution in [3.8, 4) is 0 Å². The zero-order valence-corrected chi connectivity index (χ0v) is 9.24. The summed E-state index contributed by atoms with van der Waals surface area (Å²) in [6.07, 6.45) is 1.02. The highest BCUT2D eigenvalue weighted by atomic mass is 35.5. The van der Waals surface area contributed by atoms with Crippen LogP contribution in [-0.2, 0) is 0 Å². The van der Waals surface area contributed by atoms with Crippen LogP contribution < -0.4 is 10.6 Å². The van der Waals surface area contributed by atoms with Gasteiger partial charge >= 0.3 is 0 Å². The Labute approximate surface area is 94.4 Å². The van der Waals surface area contributed by atoms with Gasteiger partial charge in [-0.2, -0.15) is 0 Å². The van der Waals surface area contributed by atoms with Crippen molar-refractivity contribution in [3.63, 3.8) is 0 Å². The van der Waals surface area contributed by atoms with Gasteiger partial charge in [-0.3, -0.25) is 0 Å². The maximum absolute atomic E-state index is 9.07. The molecule has 4 heteroatoms. The molecule has 1 unspecified atom stereocenters. The molecule has 3 nitrogen and oxygen atoms in total. The highest BCUT2D eigenvalue weighted by molar-refractivity contribution is 6.31. The fourth-order valence-electron chi connectivity index (χ4n) is 1.99. The number of anilines is 2. The first kappa shape index (κ1) is 10.6. The van der Waals surface area contributed by atoms with E-state index in [1.54, 1.807) is 6.07 Å². The molecular formula is C11H15ClN2O. The summed E-state index contributed by atoms with van der Waals surface area (Å²) in [5.41, 5.74) is 7.63. The summed E-state index contributed by atoms with van der Waals surface area (Å²) >= 11 is 5.93. The summed E-state index contributed by atoms with van der Waals surface area (Å²) in [7, 11) is 0. The van der Waals surface area contributed by atoms with Crippen LogP contribution in [0.3, 0.4) is 0 Å². The minimum atomic E-state index is 0.247. The highest BCUT2D eigenvalue weighted by Gasteiger charge is 2.23. The topological polar surface area (TPSA) is 49.5 Å². The van der Waals surface area contributed by atoms with Crippen molar-refractivity contribution < 1.29 is 5.11 Å². The first-order valence-electron chi connectivity index (χ1n) is 5.11. The largest absolute Gasteiger partial charge is 0.397 e. The van der Waals surface area contributed by atoms with Crippen LogP contribution in [0.15, 0.2) is 18.2 Å². The minimum Gasteiger partial charge on any atom is -0.397 e. The van der Waals surface area contributed by atoms with Crippen LogP contribution in [0, 0.1) is 5.92 Å². The molecule has 1 fully saturated rings. The summed E-state index contributed by atoms with van der Waals surface area (Å²) in [4.78, 5) is 2.18. The molecule has 0 spiro atoms. The van der Waals surface area contributed by atoms with Gasteiger partial charge in [0.15, 0.2) is 0 Å². The average molecular weight is 227 g/mol. The molecule has 1 saturated heterocycles. The number of nitrogens with zero attached hydrogens (tertiary/aromatic N) is 1. The van der Waals surface area contributed by atoms with Crippen LogP contribution in [-0.4, -0.2) is 24.8 Å². The minimum absolute atomic E-state index is 0.247. The lowest BCUT2D eigenvalue weighted by atomic mass is 10.1. The lowest BCUT2D eigenvalue weighted by molar-refractivity contribution is 0.238. The van der Waals surface area contributed by atoms with Crippen LogP contribution in [0.4, 0.5) is 11.4 Å². The van der Waals surface area contributed by atoms with Gasteiger partial charge in [-0.25, -0.2) is 0 Å². The van der Waals surface area contributed by atoms with Gasteiger partial charge in [0.1, 0.15) is 0 Å². The Morgan fingerprint density at radius 2 is 2.33 bits per heavy atom. The van der Waals surface area contributed by atoms with E-state index in [2.05, 4.69) is 4.90 Å². The van der Waals surface area contributed by atoms with Gasteiger partial charge in [-0.15, -0.1) is 0 Å². The molecule has 0 aliphatic carbocycles. The first-order chi connectivity index (χ1) is 7.20. The van der Waals surface area contributed by atoms with E-state index in [1.165, 1.54) is 0 Å². The Balaban J connectivity index is 2.19. The maximum atomic E-state index is 9.07. The van der Waals surface area contributed by atoms with E-state index in [9.17, 15) is 0 Å². The van der Waals surface area contributed by atoms with E-state index in [4.69, 9.17) is 22.4 Å². The SMILES string of the molecule is Nc1ccc(Cl)cc1N1CCC(CO)C1. The van der Waals surface area contributed by atoms with E-state index in [-0.39, 0.29) is 6.61 Å². The first-order valence-corrected chi connectivity index (χ1v) is 5.49. The van der Waals surface area contributed by atoms with Crippen molar-refractivity contribution >= 4 is 23.0 Å². The normalized spacial score (nSPS) is 20.9. The Bertz CT molecular complexity index is 356. The molecule has 2 rings (SSSR count). The molecule has 1 heterocycles. The fraction of sp³-hybridized carbons (Fsp3) is 0.455. The number of nitrogens with two attached hydrogens (primary N) is 1. The third-order valence-electron chi connectivity index (χ3n) is 2.88. The van der Waals surface area contributed by atoms with Gasteiger partial charge in [0.25, 0.3) is 0 Å². The van der Waals surface area contributed by atoms with Crippen molar-refractivity contribution in [1.29, 1.82) is 0 Å². The number of halogens is 1. The molecule has 1 aromatic rings. The summed E-state index contributed by atoms with van der Waals surface area (Å²) in [6.45, 7) is 2.05. The van der Waals surface area contributed by atoms with Crippen molar-refractivity contribution in [2.24, 2.45) is 5.92 Å². The third-order valence-corrected chi connectivity index (χ3v) is 3.11. The number of aliphatic hydroxyl groups is 1. The molecule has 0 saturated carbocycles. The van der Waals surface area contributed by atoms with Gasteiger partial charge in [0.05, 0.1) is 11.4 Å². The molecule has 82 valence electrons. The highest BCUT2D eigenvalue weighted by Crippen LogP contribution is 2.30. The molecular weight excluding hydrogens is 212 g/mol. The average Bonchev–Trinajstić information content (AvgIpc) is 2.70. The van der Waals surface area contributed by atoms with E-state index in [0.29, 0.717) is 10.9 Å². The zero-order valence-electron chi connectivity index (χ0n) is 8.49. The van der Waals surface area contributed by atoms with Crippen molar-refractivity contribution in [3.05, 3.63) is 23.2 Å². The maximum Gasteiger partial charge on any atom is 0.0614 e. The molecule has 1 aromatic carbocycles. The predicted octanol–water partition coefficient (Wildman–Crippen LogP) is 1.74. The third kappa shape index (κ3) is 2.19. The van der Waals surface area contributed by atoms with Crippen LogP contribution in [0.25, 0.3) is 0 Å².